The van der Waals surface area contributed by atoms with Crippen molar-refractivity contribution >= 4 is 5.97 Å². The number of aliphatic hydroxyl groups is 2. The summed E-state index contributed by atoms with van der Waals surface area (Å²) in [6, 6.07) is 0. The van der Waals surface area contributed by atoms with Crippen molar-refractivity contribution < 1.29 is 25.2 Å². The number of carbonyl (C=O) groups is 1. The molecule has 5 heteroatoms. The molecular weight excluding hydrogens is 176 g/mol. The first kappa shape index (κ1) is 12.3. The van der Waals surface area contributed by atoms with E-state index >= 15 is 0 Å². The van der Waals surface area contributed by atoms with E-state index < -0.39 is 11.4 Å². The summed E-state index contributed by atoms with van der Waals surface area (Å²) in [6.07, 6.45) is 0.778. The van der Waals surface area contributed by atoms with Crippen LogP contribution in [0.15, 0.2) is 0 Å². The molecule has 78 valence electrons. The van der Waals surface area contributed by atoms with Gasteiger partial charge >= 0.3 is 5.97 Å². The van der Waals surface area contributed by atoms with E-state index in [1.54, 1.807) is 6.92 Å². The van der Waals surface area contributed by atoms with Crippen LogP contribution in [0.2, 0.25) is 0 Å². The summed E-state index contributed by atoms with van der Waals surface area (Å²) in [4.78, 5) is 14.8. The fraction of sp³-hybridized carbons (Fsp3) is 0.875. The van der Waals surface area contributed by atoms with E-state index in [-0.39, 0.29) is 26.1 Å². The molecule has 3 N–H and O–H groups in total. The Morgan fingerprint density at radius 3 is 2.00 bits per heavy atom. The van der Waals surface area contributed by atoms with Gasteiger partial charge in [-0.25, -0.2) is 4.79 Å². The van der Waals surface area contributed by atoms with E-state index in [4.69, 9.17) is 15.5 Å². The molecule has 0 radical (unpaired) electrons. The summed E-state index contributed by atoms with van der Waals surface area (Å²) in [6.45, 7) is 1.38. The topological polar surface area (TPSA) is 87.0 Å². The van der Waals surface area contributed by atoms with E-state index in [2.05, 4.69) is 4.89 Å². The van der Waals surface area contributed by atoms with E-state index in [1.807, 2.05) is 0 Å². The second kappa shape index (κ2) is 5.90. The van der Waals surface area contributed by atoms with Crippen molar-refractivity contribution in [2.45, 2.75) is 26.2 Å². The van der Waals surface area contributed by atoms with E-state index in [0.717, 1.165) is 0 Å². The molecule has 0 aromatic carbocycles. The third-order valence-corrected chi connectivity index (χ3v) is 2.37. The molecule has 0 atom stereocenters. The zero-order chi connectivity index (χ0) is 10.3. The molecule has 5 nitrogen and oxygen atoms in total. The normalized spacial score (nSPS) is 11.4. The van der Waals surface area contributed by atoms with Crippen LogP contribution < -0.4 is 0 Å². The minimum absolute atomic E-state index is 0.178. The average molecular weight is 192 g/mol. The SMILES string of the molecule is CCC(CCO)(CCO)C(=O)OO. The molecule has 0 aromatic rings. The Balaban J connectivity index is 4.52. The molecule has 0 saturated heterocycles. The number of carbonyl (C=O) groups excluding carboxylic acids is 1. The highest BCUT2D eigenvalue weighted by Crippen LogP contribution is 2.31. The van der Waals surface area contributed by atoms with Gasteiger partial charge in [0.15, 0.2) is 0 Å². The fourth-order valence-corrected chi connectivity index (χ4v) is 1.35. The van der Waals surface area contributed by atoms with Crippen molar-refractivity contribution in [3.63, 3.8) is 0 Å². The molecule has 0 spiro atoms. The van der Waals surface area contributed by atoms with Crippen molar-refractivity contribution in [3.8, 4) is 0 Å². The first-order valence-electron chi connectivity index (χ1n) is 4.24. The van der Waals surface area contributed by atoms with Gasteiger partial charge in [-0.15, -0.1) is 0 Å². The summed E-state index contributed by atoms with van der Waals surface area (Å²) in [7, 11) is 0. The predicted molar refractivity (Wildman–Crippen MR) is 44.9 cm³/mol. The highest BCUT2D eigenvalue weighted by Gasteiger charge is 2.37. The molecule has 0 fully saturated rings. The minimum atomic E-state index is -0.960. The maximum atomic E-state index is 11.2. The summed E-state index contributed by atoms with van der Waals surface area (Å²) in [5, 5.41) is 25.7. The summed E-state index contributed by atoms with van der Waals surface area (Å²) >= 11 is 0. The van der Waals surface area contributed by atoms with E-state index in [1.165, 1.54) is 0 Å². The summed E-state index contributed by atoms with van der Waals surface area (Å²) < 4.78 is 0. The van der Waals surface area contributed by atoms with E-state index in [0.29, 0.717) is 6.42 Å². The standard InChI is InChI=1S/C8H16O5/c1-2-8(3-5-9,4-6-10)7(11)13-12/h9-10,12H,2-6H2,1H3. The van der Waals surface area contributed by atoms with Crippen molar-refractivity contribution in [1.29, 1.82) is 0 Å². The van der Waals surface area contributed by atoms with Crippen LogP contribution in [0.4, 0.5) is 0 Å². The first-order valence-corrected chi connectivity index (χ1v) is 4.24. The van der Waals surface area contributed by atoms with Gasteiger partial charge in [0.25, 0.3) is 0 Å². The largest absolute Gasteiger partial charge is 0.396 e. The van der Waals surface area contributed by atoms with Crippen LogP contribution in [0.1, 0.15) is 26.2 Å². The van der Waals surface area contributed by atoms with Gasteiger partial charge in [0.05, 0.1) is 5.41 Å². The zero-order valence-electron chi connectivity index (χ0n) is 7.69. The fourth-order valence-electron chi connectivity index (χ4n) is 1.35. The molecule has 13 heavy (non-hydrogen) atoms. The Kier molecular flexibility index (Phi) is 5.61. The van der Waals surface area contributed by atoms with Gasteiger partial charge < -0.3 is 15.1 Å². The third-order valence-electron chi connectivity index (χ3n) is 2.37. The van der Waals surface area contributed by atoms with Crippen LogP contribution in [-0.2, 0) is 9.68 Å². The highest BCUT2D eigenvalue weighted by atomic mass is 17.1. The van der Waals surface area contributed by atoms with Crippen LogP contribution in [0, 0.1) is 5.41 Å². The van der Waals surface area contributed by atoms with Crippen LogP contribution in [0.25, 0.3) is 0 Å². The number of aliphatic hydroxyl groups excluding tert-OH is 2. The van der Waals surface area contributed by atoms with Crippen molar-refractivity contribution in [2.24, 2.45) is 5.41 Å². The Morgan fingerprint density at radius 2 is 1.77 bits per heavy atom. The molecule has 0 bridgehead atoms. The van der Waals surface area contributed by atoms with Crippen molar-refractivity contribution in [2.75, 3.05) is 13.2 Å². The molecule has 0 aliphatic carbocycles. The van der Waals surface area contributed by atoms with Crippen LogP contribution in [0.5, 0.6) is 0 Å². The molecule has 0 heterocycles. The van der Waals surface area contributed by atoms with Gasteiger partial charge in [-0.05, 0) is 19.3 Å². The van der Waals surface area contributed by atoms with Gasteiger partial charge in [0.2, 0.25) is 0 Å². The lowest BCUT2D eigenvalue weighted by Gasteiger charge is -2.26. The maximum Gasteiger partial charge on any atom is 0.348 e. The number of rotatable bonds is 6. The zero-order valence-corrected chi connectivity index (χ0v) is 7.69. The second-order valence-electron chi connectivity index (χ2n) is 2.96. The van der Waals surface area contributed by atoms with Gasteiger partial charge in [-0.2, -0.15) is 5.26 Å². The Hall–Kier alpha value is -0.650. The van der Waals surface area contributed by atoms with Crippen LogP contribution >= 0.6 is 0 Å². The molecule has 0 unspecified atom stereocenters. The Morgan fingerprint density at radius 1 is 1.31 bits per heavy atom. The molecule has 0 aromatic heterocycles. The molecular formula is C8H16O5. The Labute approximate surface area is 76.9 Å². The predicted octanol–water partition coefficient (Wildman–Crippen LogP) is 0.164. The van der Waals surface area contributed by atoms with Gasteiger partial charge in [0, 0.05) is 13.2 Å². The molecule has 0 saturated carbocycles. The molecule has 0 amide bonds. The maximum absolute atomic E-state index is 11.2. The smallest absolute Gasteiger partial charge is 0.348 e. The number of hydrogen-bond donors (Lipinski definition) is 3. The lowest BCUT2D eigenvalue weighted by Crippen LogP contribution is -2.34. The van der Waals surface area contributed by atoms with Gasteiger partial charge in [-0.1, -0.05) is 6.92 Å². The lowest BCUT2D eigenvalue weighted by molar-refractivity contribution is -0.247. The molecule has 0 rings (SSSR count). The first-order chi connectivity index (χ1) is 6.16. The van der Waals surface area contributed by atoms with Crippen LogP contribution in [0.3, 0.4) is 0 Å². The molecule has 0 aliphatic heterocycles. The summed E-state index contributed by atoms with van der Waals surface area (Å²) in [5.41, 5.74) is -0.960. The monoisotopic (exact) mass is 192 g/mol. The molecule has 0 aliphatic rings. The summed E-state index contributed by atoms with van der Waals surface area (Å²) in [5.74, 6) is -0.793. The van der Waals surface area contributed by atoms with Crippen molar-refractivity contribution in [3.05, 3.63) is 0 Å². The van der Waals surface area contributed by atoms with Gasteiger partial charge in [-0.3, -0.25) is 0 Å². The third kappa shape index (κ3) is 2.95. The average Bonchev–Trinajstić information content (AvgIpc) is 2.16. The van der Waals surface area contributed by atoms with E-state index in [9.17, 15) is 4.79 Å². The van der Waals surface area contributed by atoms with Gasteiger partial charge in [0.1, 0.15) is 0 Å². The minimum Gasteiger partial charge on any atom is -0.396 e. The number of hydrogen-bond acceptors (Lipinski definition) is 5. The van der Waals surface area contributed by atoms with Crippen molar-refractivity contribution in [1.82, 2.24) is 0 Å². The highest BCUT2D eigenvalue weighted by molar-refractivity contribution is 5.76. The quantitative estimate of drug-likeness (QED) is 0.412. The Bertz CT molecular complexity index is 151. The second-order valence-corrected chi connectivity index (χ2v) is 2.96. The lowest BCUT2D eigenvalue weighted by atomic mass is 9.79. The van der Waals surface area contributed by atoms with Crippen LogP contribution in [-0.4, -0.2) is 34.7 Å².